The van der Waals surface area contributed by atoms with Crippen molar-refractivity contribution in [1.29, 1.82) is 0 Å². The summed E-state index contributed by atoms with van der Waals surface area (Å²) in [6.07, 6.45) is 1.80. The molecule has 4 nitrogen and oxygen atoms in total. The lowest BCUT2D eigenvalue weighted by molar-refractivity contribution is 0.723. The van der Waals surface area contributed by atoms with E-state index < -0.39 is 0 Å². The Kier molecular flexibility index (Phi) is 6.01. The summed E-state index contributed by atoms with van der Waals surface area (Å²) in [5.74, 6) is 0.470. The van der Waals surface area contributed by atoms with Crippen LogP contribution in [0.25, 0.3) is 10.9 Å². The summed E-state index contributed by atoms with van der Waals surface area (Å²) >= 11 is 0. The Balaban J connectivity index is 0.00000180. The summed E-state index contributed by atoms with van der Waals surface area (Å²) in [4.78, 5) is 8.72. The van der Waals surface area contributed by atoms with Gasteiger partial charge in [0.05, 0.1) is 12.1 Å². The highest BCUT2D eigenvalue weighted by Crippen LogP contribution is 2.16. The number of halogens is 1. The maximum absolute atomic E-state index is 5.79. The topological polar surface area (TPSA) is 63.3 Å². The van der Waals surface area contributed by atoms with Gasteiger partial charge in [0, 0.05) is 17.6 Å². The van der Waals surface area contributed by atoms with E-state index in [4.69, 9.17) is 5.73 Å². The number of nitrogens with zero attached hydrogens (tertiary/aromatic N) is 2. The lowest BCUT2D eigenvalue weighted by Gasteiger charge is -2.09. The molecular weight excluding hydrogens is 351 g/mol. The number of aliphatic imine (C=N–C) groups is 1. The lowest BCUT2D eigenvalue weighted by atomic mass is 10.1. The van der Waals surface area contributed by atoms with Gasteiger partial charge in [0.2, 0.25) is 0 Å². The Bertz CT molecular complexity index is 561. The predicted molar refractivity (Wildman–Crippen MR) is 90.8 cm³/mol. The number of hydrogen-bond acceptors (Lipinski definition) is 2. The van der Waals surface area contributed by atoms with E-state index in [9.17, 15) is 0 Å². The van der Waals surface area contributed by atoms with Crippen molar-refractivity contribution >= 4 is 40.8 Å². The summed E-state index contributed by atoms with van der Waals surface area (Å²) in [6, 6.07) is 10.4. The smallest absolute Gasteiger partial charge is 0.189 e. The number of fused-ring (bicyclic) bond motifs is 1. The van der Waals surface area contributed by atoms with Crippen molar-refractivity contribution in [2.45, 2.75) is 26.4 Å². The van der Waals surface area contributed by atoms with Gasteiger partial charge in [-0.2, -0.15) is 0 Å². The zero-order valence-electron chi connectivity index (χ0n) is 11.1. The molecule has 2 rings (SSSR count). The molecule has 5 heteroatoms. The van der Waals surface area contributed by atoms with Crippen LogP contribution in [-0.2, 0) is 6.54 Å². The number of nitrogens with one attached hydrogen (secondary N) is 1. The van der Waals surface area contributed by atoms with Gasteiger partial charge in [0.1, 0.15) is 0 Å². The molecule has 3 N–H and O–H groups in total. The third kappa shape index (κ3) is 4.34. The number of rotatable bonds is 3. The van der Waals surface area contributed by atoms with Crippen molar-refractivity contribution in [1.82, 2.24) is 10.3 Å². The molecule has 19 heavy (non-hydrogen) atoms. The average Bonchev–Trinajstić information content (AvgIpc) is 2.35. The number of hydrogen-bond donors (Lipinski definition) is 2. The lowest BCUT2D eigenvalue weighted by Crippen LogP contribution is -2.36. The molecule has 0 amide bonds. The van der Waals surface area contributed by atoms with E-state index in [2.05, 4.69) is 15.3 Å². The largest absolute Gasteiger partial charge is 0.370 e. The molecule has 2 aromatic rings. The van der Waals surface area contributed by atoms with Crippen LogP contribution in [0.2, 0.25) is 0 Å². The second kappa shape index (κ2) is 7.28. The summed E-state index contributed by atoms with van der Waals surface area (Å²) in [7, 11) is 0. The van der Waals surface area contributed by atoms with Crippen LogP contribution in [-0.4, -0.2) is 17.0 Å². The normalized spacial score (nSPS) is 11.4. The molecule has 0 saturated heterocycles. The first-order chi connectivity index (χ1) is 8.66. The van der Waals surface area contributed by atoms with Crippen molar-refractivity contribution in [2.24, 2.45) is 10.7 Å². The van der Waals surface area contributed by atoms with Crippen molar-refractivity contribution in [3.8, 4) is 0 Å². The summed E-state index contributed by atoms with van der Waals surface area (Å²) < 4.78 is 0. The van der Waals surface area contributed by atoms with E-state index in [-0.39, 0.29) is 24.0 Å². The Hall–Kier alpha value is -1.37. The number of benzene rings is 1. The number of pyridine rings is 1. The standard InChI is InChI=1S/C14H18N4.HI/c1-10(2)18-14(15)17-9-12-6-3-5-11-7-4-8-16-13(11)12;/h3-8,10H,9H2,1-2H3,(H3,15,17,18);1H. The Labute approximate surface area is 130 Å². The molecule has 1 aromatic heterocycles. The highest BCUT2D eigenvalue weighted by molar-refractivity contribution is 14.0. The van der Waals surface area contributed by atoms with E-state index in [0.29, 0.717) is 18.5 Å². The number of nitrogens with two attached hydrogens (primary N) is 1. The molecule has 0 saturated carbocycles. The molecule has 1 heterocycles. The molecule has 0 aliphatic rings. The number of aromatic nitrogens is 1. The fraction of sp³-hybridized carbons (Fsp3) is 0.286. The van der Waals surface area contributed by atoms with Crippen LogP contribution in [0.4, 0.5) is 0 Å². The molecule has 0 aliphatic heterocycles. The van der Waals surface area contributed by atoms with E-state index in [1.54, 1.807) is 6.20 Å². The van der Waals surface area contributed by atoms with Gasteiger partial charge in [-0.25, -0.2) is 4.99 Å². The number of guanidine groups is 1. The van der Waals surface area contributed by atoms with Gasteiger partial charge in [-0.15, -0.1) is 24.0 Å². The highest BCUT2D eigenvalue weighted by atomic mass is 127. The van der Waals surface area contributed by atoms with Crippen molar-refractivity contribution in [3.05, 3.63) is 42.1 Å². The maximum Gasteiger partial charge on any atom is 0.189 e. The van der Waals surface area contributed by atoms with Crippen molar-refractivity contribution in [2.75, 3.05) is 0 Å². The van der Waals surface area contributed by atoms with Gasteiger partial charge in [0.25, 0.3) is 0 Å². The summed E-state index contributed by atoms with van der Waals surface area (Å²) in [5.41, 5.74) is 7.86. The van der Waals surface area contributed by atoms with Crippen LogP contribution in [0, 0.1) is 0 Å². The van der Waals surface area contributed by atoms with Gasteiger partial charge in [-0.05, 0) is 25.5 Å². The van der Waals surface area contributed by atoms with Gasteiger partial charge in [-0.3, -0.25) is 4.98 Å². The van der Waals surface area contributed by atoms with Crippen LogP contribution < -0.4 is 11.1 Å². The molecular formula is C14H19IN4. The quantitative estimate of drug-likeness (QED) is 0.496. The van der Waals surface area contributed by atoms with Crippen molar-refractivity contribution in [3.63, 3.8) is 0 Å². The minimum Gasteiger partial charge on any atom is -0.370 e. The fourth-order valence-electron chi connectivity index (χ4n) is 1.81. The zero-order chi connectivity index (χ0) is 13.0. The second-order valence-electron chi connectivity index (χ2n) is 4.49. The fourth-order valence-corrected chi connectivity index (χ4v) is 1.81. The first kappa shape index (κ1) is 15.7. The molecule has 0 bridgehead atoms. The average molecular weight is 370 g/mol. The third-order valence-corrected chi connectivity index (χ3v) is 2.57. The Morgan fingerprint density at radius 3 is 2.79 bits per heavy atom. The molecule has 0 unspecified atom stereocenters. The molecule has 0 radical (unpaired) electrons. The predicted octanol–water partition coefficient (Wildman–Crippen LogP) is 2.67. The van der Waals surface area contributed by atoms with Crippen LogP contribution in [0.15, 0.2) is 41.5 Å². The van der Waals surface area contributed by atoms with Crippen LogP contribution in [0.3, 0.4) is 0 Å². The van der Waals surface area contributed by atoms with Gasteiger partial charge < -0.3 is 11.1 Å². The molecule has 1 aromatic carbocycles. The highest BCUT2D eigenvalue weighted by Gasteiger charge is 2.01. The Morgan fingerprint density at radius 2 is 2.05 bits per heavy atom. The van der Waals surface area contributed by atoms with E-state index in [0.717, 1.165) is 16.5 Å². The molecule has 0 aliphatic carbocycles. The SMILES string of the molecule is CC(C)NC(N)=NCc1cccc2cccnc12.I. The van der Waals surface area contributed by atoms with Crippen LogP contribution >= 0.6 is 24.0 Å². The number of para-hydroxylation sites is 1. The minimum absolute atomic E-state index is 0. The van der Waals surface area contributed by atoms with Gasteiger partial charge in [-0.1, -0.05) is 24.3 Å². The Morgan fingerprint density at radius 1 is 1.32 bits per heavy atom. The molecule has 0 atom stereocenters. The molecule has 102 valence electrons. The maximum atomic E-state index is 5.79. The van der Waals surface area contributed by atoms with Crippen molar-refractivity contribution < 1.29 is 0 Å². The first-order valence-electron chi connectivity index (χ1n) is 6.06. The second-order valence-corrected chi connectivity index (χ2v) is 4.49. The van der Waals surface area contributed by atoms with E-state index in [1.807, 2.05) is 44.2 Å². The van der Waals surface area contributed by atoms with E-state index in [1.165, 1.54) is 0 Å². The molecule has 0 spiro atoms. The van der Waals surface area contributed by atoms with E-state index >= 15 is 0 Å². The summed E-state index contributed by atoms with van der Waals surface area (Å²) in [5, 5.41) is 4.19. The van der Waals surface area contributed by atoms with Gasteiger partial charge in [0.15, 0.2) is 5.96 Å². The third-order valence-electron chi connectivity index (χ3n) is 2.57. The zero-order valence-corrected chi connectivity index (χ0v) is 13.5. The first-order valence-corrected chi connectivity index (χ1v) is 6.06. The summed E-state index contributed by atoms with van der Waals surface area (Å²) in [6.45, 7) is 4.60. The molecule has 0 fully saturated rings. The van der Waals surface area contributed by atoms with Gasteiger partial charge >= 0.3 is 0 Å². The monoisotopic (exact) mass is 370 g/mol. The van der Waals surface area contributed by atoms with Crippen LogP contribution in [0.5, 0.6) is 0 Å². The van der Waals surface area contributed by atoms with Crippen LogP contribution in [0.1, 0.15) is 19.4 Å². The minimum atomic E-state index is 0.